The van der Waals surface area contributed by atoms with E-state index in [0.29, 0.717) is 17.0 Å². The lowest BCUT2D eigenvalue weighted by Crippen LogP contribution is -2.18. The highest BCUT2D eigenvalue weighted by atomic mass is 32.1. The summed E-state index contributed by atoms with van der Waals surface area (Å²) in [7, 11) is 1.74. The fourth-order valence-electron chi connectivity index (χ4n) is 2.65. The molecule has 0 aliphatic heterocycles. The number of aromatic nitrogens is 3. The molecule has 0 atom stereocenters. The lowest BCUT2D eigenvalue weighted by atomic mass is 10.1. The van der Waals surface area contributed by atoms with Gasteiger partial charge in [0.25, 0.3) is 5.91 Å². The molecule has 0 N–H and O–H groups in total. The van der Waals surface area contributed by atoms with Crippen LogP contribution in [-0.2, 0) is 13.6 Å². The molecule has 1 aromatic carbocycles. The maximum Gasteiger partial charge on any atom is 0.298 e. The highest BCUT2D eigenvalue weighted by Crippen LogP contribution is 2.22. The van der Waals surface area contributed by atoms with Crippen LogP contribution >= 0.6 is 11.3 Å². The van der Waals surface area contributed by atoms with Crippen molar-refractivity contribution in [2.45, 2.75) is 27.3 Å². The smallest absolute Gasteiger partial charge is 0.298 e. The Labute approximate surface area is 144 Å². The van der Waals surface area contributed by atoms with E-state index in [1.165, 1.54) is 22.5 Å². The van der Waals surface area contributed by atoms with Crippen molar-refractivity contribution in [3.05, 3.63) is 45.5 Å². The van der Waals surface area contributed by atoms with E-state index in [1.807, 2.05) is 11.5 Å². The van der Waals surface area contributed by atoms with Gasteiger partial charge in [-0.05, 0) is 44.0 Å². The van der Waals surface area contributed by atoms with Gasteiger partial charge in [0.1, 0.15) is 5.69 Å². The van der Waals surface area contributed by atoms with E-state index in [9.17, 15) is 4.79 Å². The topological polar surface area (TPSA) is 52.2 Å². The average Bonchev–Trinajstić information content (AvgIpc) is 3.01. The third kappa shape index (κ3) is 2.68. The van der Waals surface area contributed by atoms with Gasteiger partial charge in [0.15, 0.2) is 4.80 Å². The van der Waals surface area contributed by atoms with Crippen LogP contribution in [0.3, 0.4) is 0 Å². The lowest BCUT2D eigenvalue weighted by molar-refractivity contribution is 0.0988. The first-order valence-electron chi connectivity index (χ1n) is 7.54. The highest BCUT2D eigenvalue weighted by Gasteiger charge is 2.15. The summed E-state index contributed by atoms with van der Waals surface area (Å²) < 4.78 is 4.53. The van der Waals surface area contributed by atoms with Crippen LogP contribution in [0.25, 0.3) is 10.2 Å². The predicted octanol–water partition coefficient (Wildman–Crippen LogP) is 2.74. The molecule has 3 aromatic rings. The van der Waals surface area contributed by atoms with E-state index in [2.05, 4.69) is 42.0 Å². The van der Waals surface area contributed by atoms with Gasteiger partial charge >= 0.3 is 0 Å². The molecule has 0 spiro atoms. The normalized spacial score (nSPS) is 11.9. The zero-order valence-corrected chi connectivity index (χ0v) is 14.9. The van der Waals surface area contributed by atoms with E-state index in [1.54, 1.807) is 17.9 Å². The SMILES string of the molecule is C#CCn1c(=NC(=O)c2c(C)cnn2C)sc2cc(C)c(C)cc21. The molecule has 2 aromatic heterocycles. The van der Waals surface area contributed by atoms with Crippen LogP contribution in [0.2, 0.25) is 0 Å². The highest BCUT2D eigenvalue weighted by molar-refractivity contribution is 7.16. The second-order valence-electron chi connectivity index (χ2n) is 5.80. The molecule has 0 bridgehead atoms. The second-order valence-corrected chi connectivity index (χ2v) is 6.80. The largest absolute Gasteiger partial charge is 0.305 e. The Hall–Kier alpha value is -2.65. The number of hydrogen-bond donors (Lipinski definition) is 0. The number of amides is 1. The van der Waals surface area contributed by atoms with Crippen LogP contribution in [0.1, 0.15) is 27.2 Å². The Morgan fingerprint density at radius 3 is 2.62 bits per heavy atom. The van der Waals surface area contributed by atoms with Crippen molar-refractivity contribution in [3.8, 4) is 12.3 Å². The van der Waals surface area contributed by atoms with Gasteiger partial charge in [-0.15, -0.1) is 6.42 Å². The Kier molecular flexibility index (Phi) is 4.12. The minimum absolute atomic E-state index is 0.307. The van der Waals surface area contributed by atoms with Crippen LogP contribution in [0.5, 0.6) is 0 Å². The molecule has 1 amide bonds. The summed E-state index contributed by atoms with van der Waals surface area (Å²) in [5.74, 6) is 2.34. The summed E-state index contributed by atoms with van der Waals surface area (Å²) in [5.41, 5.74) is 4.70. The van der Waals surface area contributed by atoms with E-state index in [4.69, 9.17) is 6.42 Å². The Bertz CT molecular complexity index is 1040. The van der Waals surface area contributed by atoms with E-state index >= 15 is 0 Å². The van der Waals surface area contributed by atoms with Crippen LogP contribution in [0, 0.1) is 33.1 Å². The van der Waals surface area contributed by atoms with Gasteiger partial charge in [-0.2, -0.15) is 10.1 Å². The molecule has 0 aliphatic carbocycles. The van der Waals surface area contributed by atoms with Crippen LogP contribution in [0.15, 0.2) is 23.3 Å². The minimum Gasteiger partial charge on any atom is -0.305 e. The number of thiazole rings is 1. The number of fused-ring (bicyclic) bond motifs is 1. The van der Waals surface area contributed by atoms with Crippen molar-refractivity contribution in [1.29, 1.82) is 0 Å². The first kappa shape index (κ1) is 16.2. The molecular formula is C18H18N4OS. The molecule has 122 valence electrons. The number of terminal acetylenes is 1. The lowest BCUT2D eigenvalue weighted by Gasteiger charge is -2.03. The van der Waals surface area contributed by atoms with Gasteiger partial charge < -0.3 is 4.57 Å². The van der Waals surface area contributed by atoms with E-state index in [0.717, 1.165) is 15.8 Å². The maximum atomic E-state index is 12.6. The molecule has 5 nitrogen and oxygen atoms in total. The molecule has 6 heteroatoms. The summed E-state index contributed by atoms with van der Waals surface area (Å²) >= 11 is 1.47. The molecule has 2 heterocycles. The van der Waals surface area contributed by atoms with Crippen molar-refractivity contribution in [2.75, 3.05) is 0 Å². The number of hydrogen-bond acceptors (Lipinski definition) is 3. The number of benzene rings is 1. The van der Waals surface area contributed by atoms with Crippen LogP contribution < -0.4 is 4.80 Å². The summed E-state index contributed by atoms with van der Waals surface area (Å²) in [6.07, 6.45) is 7.18. The summed E-state index contributed by atoms with van der Waals surface area (Å²) in [6, 6.07) is 4.21. The van der Waals surface area contributed by atoms with Crippen LogP contribution in [0.4, 0.5) is 0 Å². The maximum absolute atomic E-state index is 12.6. The van der Waals surface area contributed by atoms with Crippen molar-refractivity contribution in [3.63, 3.8) is 0 Å². The van der Waals surface area contributed by atoms with E-state index in [-0.39, 0.29) is 5.91 Å². The predicted molar refractivity (Wildman–Crippen MR) is 96.0 cm³/mol. The average molecular weight is 338 g/mol. The number of rotatable bonds is 2. The second kappa shape index (κ2) is 6.10. The number of nitrogens with zero attached hydrogens (tertiary/aromatic N) is 4. The third-order valence-electron chi connectivity index (χ3n) is 4.07. The number of carbonyl (C=O) groups is 1. The van der Waals surface area contributed by atoms with Crippen LogP contribution in [-0.4, -0.2) is 20.3 Å². The van der Waals surface area contributed by atoms with Gasteiger partial charge in [0, 0.05) is 12.6 Å². The number of aryl methyl sites for hydroxylation is 4. The molecule has 24 heavy (non-hydrogen) atoms. The summed E-state index contributed by atoms with van der Waals surface area (Å²) in [4.78, 5) is 17.5. The third-order valence-corrected chi connectivity index (χ3v) is 5.11. The minimum atomic E-state index is -0.307. The van der Waals surface area contributed by atoms with E-state index < -0.39 is 0 Å². The Morgan fingerprint density at radius 2 is 2.00 bits per heavy atom. The standard InChI is InChI=1S/C18H18N4OS/c1-6-7-22-14-8-11(2)12(3)9-15(14)24-18(22)20-17(23)16-13(4)10-19-21(16)5/h1,8-10H,7H2,2-5H3. The molecule has 0 radical (unpaired) electrons. The molecular weight excluding hydrogens is 320 g/mol. The fourth-order valence-corrected chi connectivity index (χ4v) is 3.75. The fraction of sp³-hybridized carbons (Fsp3) is 0.278. The zero-order valence-electron chi connectivity index (χ0n) is 14.1. The van der Waals surface area contributed by atoms with Crippen molar-refractivity contribution in [2.24, 2.45) is 12.0 Å². The molecule has 0 saturated heterocycles. The molecule has 3 rings (SSSR count). The quantitative estimate of drug-likeness (QED) is 0.675. The summed E-state index contributed by atoms with van der Waals surface area (Å²) in [6.45, 7) is 6.36. The molecule has 0 unspecified atom stereocenters. The number of carbonyl (C=O) groups excluding carboxylic acids is 1. The first-order valence-corrected chi connectivity index (χ1v) is 8.35. The zero-order chi connectivity index (χ0) is 17.4. The molecule has 0 fully saturated rings. The van der Waals surface area contributed by atoms with Gasteiger partial charge in [0.05, 0.1) is 23.0 Å². The van der Waals surface area contributed by atoms with Crippen molar-refractivity contribution >= 4 is 27.5 Å². The van der Waals surface area contributed by atoms with Gasteiger partial charge in [-0.3, -0.25) is 9.48 Å². The van der Waals surface area contributed by atoms with Gasteiger partial charge in [0.2, 0.25) is 0 Å². The summed E-state index contributed by atoms with van der Waals surface area (Å²) in [5, 5.41) is 4.10. The first-order chi connectivity index (χ1) is 11.4. The monoisotopic (exact) mass is 338 g/mol. The molecule has 0 saturated carbocycles. The van der Waals surface area contributed by atoms with Gasteiger partial charge in [-0.1, -0.05) is 17.3 Å². The van der Waals surface area contributed by atoms with Crippen molar-refractivity contribution in [1.82, 2.24) is 14.3 Å². The molecule has 0 aliphatic rings. The Balaban J connectivity index is 2.23. The van der Waals surface area contributed by atoms with Crippen molar-refractivity contribution < 1.29 is 4.79 Å². The van der Waals surface area contributed by atoms with Gasteiger partial charge in [-0.25, -0.2) is 0 Å². The Morgan fingerprint density at radius 1 is 1.29 bits per heavy atom.